The summed E-state index contributed by atoms with van der Waals surface area (Å²) in [6.07, 6.45) is 2.29. The lowest BCUT2D eigenvalue weighted by atomic mass is 9.88. The first kappa shape index (κ1) is 17.6. The van der Waals surface area contributed by atoms with Crippen LogP contribution in [-0.2, 0) is 15.8 Å². The summed E-state index contributed by atoms with van der Waals surface area (Å²) in [5.41, 5.74) is 1.67. The molecule has 2 atom stereocenters. The van der Waals surface area contributed by atoms with E-state index in [0.717, 1.165) is 36.8 Å². The molecule has 0 saturated carbocycles. The molecule has 0 aliphatic heterocycles. The summed E-state index contributed by atoms with van der Waals surface area (Å²) in [6.45, 7) is 0. The van der Waals surface area contributed by atoms with Crippen molar-refractivity contribution in [3.63, 3.8) is 0 Å². The fourth-order valence-corrected chi connectivity index (χ4v) is 4.83. The van der Waals surface area contributed by atoms with E-state index in [4.69, 9.17) is 4.74 Å². The molecule has 26 heavy (non-hydrogen) atoms. The summed E-state index contributed by atoms with van der Waals surface area (Å²) < 4.78 is 29.3. The van der Waals surface area contributed by atoms with E-state index >= 15 is 0 Å². The standard InChI is InChI=1S/C21H17BrO3S/c1-25-21(26(23)24)12-11-15-13-16(22)9-10-18(15)20(21)19-8-4-6-14-5-2-3-7-17(14)19/h2-11,13H,12H2,1H3,(H,23,24). The van der Waals surface area contributed by atoms with Gasteiger partial charge in [-0.1, -0.05) is 70.5 Å². The molecule has 3 aromatic rings. The topological polar surface area (TPSA) is 46.5 Å². The first-order valence-corrected chi connectivity index (χ1v) is 10.1. The van der Waals surface area contributed by atoms with Crippen LogP contribution in [0.3, 0.4) is 0 Å². The Morgan fingerprint density at radius 2 is 1.88 bits per heavy atom. The Morgan fingerprint density at radius 1 is 1.12 bits per heavy atom. The fraction of sp³-hybridized carbons (Fsp3) is 0.143. The van der Waals surface area contributed by atoms with Gasteiger partial charge in [-0.3, -0.25) is 0 Å². The molecule has 0 aromatic heterocycles. The second-order valence-electron chi connectivity index (χ2n) is 6.25. The van der Waals surface area contributed by atoms with Crippen molar-refractivity contribution in [1.29, 1.82) is 0 Å². The Hall–Kier alpha value is -1.79. The van der Waals surface area contributed by atoms with E-state index in [2.05, 4.69) is 15.9 Å². The summed E-state index contributed by atoms with van der Waals surface area (Å²) in [6, 6.07) is 20.0. The Bertz CT molecular complexity index is 1150. The van der Waals surface area contributed by atoms with Crippen LogP contribution in [0.2, 0.25) is 0 Å². The van der Waals surface area contributed by atoms with Crippen molar-refractivity contribution >= 4 is 49.4 Å². The van der Waals surface area contributed by atoms with Crippen LogP contribution in [0, 0.1) is 0 Å². The molecule has 2 unspecified atom stereocenters. The molecular weight excluding hydrogens is 412 g/mol. The van der Waals surface area contributed by atoms with Gasteiger partial charge in [-0.25, -0.2) is 4.21 Å². The minimum Gasteiger partial charge on any atom is -0.358 e. The number of ether oxygens (including phenoxy) is 1. The van der Waals surface area contributed by atoms with E-state index in [1.54, 1.807) is 0 Å². The number of rotatable bonds is 3. The van der Waals surface area contributed by atoms with Crippen molar-refractivity contribution < 1.29 is 13.5 Å². The van der Waals surface area contributed by atoms with Crippen LogP contribution in [0.1, 0.15) is 12.0 Å². The van der Waals surface area contributed by atoms with Crippen LogP contribution in [0.15, 0.2) is 65.1 Å². The minimum atomic E-state index is -2.20. The van der Waals surface area contributed by atoms with Crippen molar-refractivity contribution in [1.82, 2.24) is 0 Å². The number of hydrogen-bond acceptors (Lipinski definition) is 2. The SMILES string of the molecule is COC1(S(=O)O)CC=c2cc(Br)ccc2=C1c1cccc2ccccc12. The maximum Gasteiger partial charge on any atom is 0.197 e. The normalized spacial score (nSPS) is 20.5. The third kappa shape index (κ3) is 2.67. The molecule has 4 rings (SSSR count). The average molecular weight is 429 g/mol. The molecular formula is C21H17BrO3S. The Labute approximate surface area is 162 Å². The number of hydrogen-bond donors (Lipinski definition) is 1. The maximum atomic E-state index is 12.4. The highest BCUT2D eigenvalue weighted by Crippen LogP contribution is 2.38. The molecule has 3 nitrogen and oxygen atoms in total. The molecule has 0 bridgehead atoms. The highest BCUT2D eigenvalue weighted by Gasteiger charge is 2.43. The van der Waals surface area contributed by atoms with E-state index < -0.39 is 16.0 Å². The lowest BCUT2D eigenvalue weighted by Gasteiger charge is -2.33. The third-order valence-electron chi connectivity index (χ3n) is 4.93. The first-order chi connectivity index (χ1) is 12.6. The molecule has 3 aromatic carbocycles. The van der Waals surface area contributed by atoms with Crippen molar-refractivity contribution in [2.24, 2.45) is 0 Å². The van der Waals surface area contributed by atoms with E-state index in [1.807, 2.05) is 66.7 Å². The van der Waals surface area contributed by atoms with Crippen molar-refractivity contribution in [3.8, 4) is 0 Å². The van der Waals surface area contributed by atoms with Crippen molar-refractivity contribution in [3.05, 3.63) is 81.1 Å². The predicted octanol–water partition coefficient (Wildman–Crippen LogP) is 3.55. The molecule has 1 N–H and O–H groups in total. The van der Waals surface area contributed by atoms with Crippen LogP contribution in [0.5, 0.6) is 0 Å². The first-order valence-electron chi connectivity index (χ1n) is 8.21. The molecule has 1 aliphatic rings. The van der Waals surface area contributed by atoms with E-state index in [9.17, 15) is 8.76 Å². The van der Waals surface area contributed by atoms with Crippen molar-refractivity contribution in [2.75, 3.05) is 7.11 Å². The summed E-state index contributed by atoms with van der Waals surface area (Å²) in [4.78, 5) is -1.30. The Morgan fingerprint density at radius 3 is 2.65 bits per heavy atom. The van der Waals surface area contributed by atoms with Gasteiger partial charge in [-0.15, -0.1) is 0 Å². The van der Waals surface area contributed by atoms with Gasteiger partial charge in [0.05, 0.1) is 0 Å². The van der Waals surface area contributed by atoms with Gasteiger partial charge < -0.3 is 9.29 Å². The summed E-state index contributed by atoms with van der Waals surface area (Å²) >= 11 is 1.31. The van der Waals surface area contributed by atoms with Gasteiger partial charge in [-0.05, 0) is 38.9 Å². The van der Waals surface area contributed by atoms with E-state index in [1.165, 1.54) is 7.11 Å². The molecule has 0 amide bonds. The van der Waals surface area contributed by atoms with Gasteiger partial charge >= 0.3 is 0 Å². The number of benzene rings is 3. The highest BCUT2D eigenvalue weighted by molar-refractivity contribution is 9.10. The zero-order chi connectivity index (χ0) is 18.3. The lowest BCUT2D eigenvalue weighted by Crippen LogP contribution is -2.47. The highest BCUT2D eigenvalue weighted by atomic mass is 79.9. The third-order valence-corrected chi connectivity index (χ3v) is 6.52. The van der Waals surface area contributed by atoms with Gasteiger partial charge in [-0.2, -0.15) is 0 Å². The van der Waals surface area contributed by atoms with Crippen LogP contribution < -0.4 is 10.4 Å². The van der Waals surface area contributed by atoms with Crippen LogP contribution >= 0.6 is 15.9 Å². The smallest absolute Gasteiger partial charge is 0.197 e. The molecule has 0 heterocycles. The number of methoxy groups -OCH3 is 1. The minimum absolute atomic E-state index is 0.328. The van der Waals surface area contributed by atoms with Gasteiger partial charge in [0.2, 0.25) is 0 Å². The Balaban J connectivity index is 2.21. The summed E-state index contributed by atoms with van der Waals surface area (Å²) in [5.74, 6) is 0. The zero-order valence-electron chi connectivity index (χ0n) is 14.1. The van der Waals surface area contributed by atoms with E-state index in [0.29, 0.717) is 6.42 Å². The molecule has 0 fully saturated rings. The molecule has 0 saturated heterocycles. The molecule has 5 heteroatoms. The number of fused-ring (bicyclic) bond motifs is 2. The van der Waals surface area contributed by atoms with Gasteiger partial charge in [0.25, 0.3) is 0 Å². The van der Waals surface area contributed by atoms with Gasteiger partial charge in [0, 0.05) is 23.6 Å². The van der Waals surface area contributed by atoms with Gasteiger partial charge in [0.1, 0.15) is 0 Å². The molecule has 132 valence electrons. The van der Waals surface area contributed by atoms with Crippen molar-refractivity contribution in [2.45, 2.75) is 11.4 Å². The molecule has 1 aliphatic carbocycles. The van der Waals surface area contributed by atoms with Crippen LogP contribution in [0.4, 0.5) is 0 Å². The average Bonchev–Trinajstić information content (AvgIpc) is 2.66. The molecule has 0 radical (unpaired) electrons. The molecule has 0 spiro atoms. The fourth-order valence-electron chi connectivity index (χ4n) is 3.69. The summed E-state index contributed by atoms with van der Waals surface area (Å²) in [7, 11) is 1.50. The summed E-state index contributed by atoms with van der Waals surface area (Å²) in [5, 5.41) is 4.06. The largest absolute Gasteiger partial charge is 0.358 e. The Kier molecular flexibility index (Phi) is 4.57. The maximum absolute atomic E-state index is 12.4. The van der Waals surface area contributed by atoms with Gasteiger partial charge in [0.15, 0.2) is 16.0 Å². The van der Waals surface area contributed by atoms with Crippen LogP contribution in [-0.4, -0.2) is 20.8 Å². The quantitative estimate of drug-likeness (QED) is 0.648. The second kappa shape index (κ2) is 6.74. The lowest BCUT2D eigenvalue weighted by molar-refractivity contribution is 0.112. The van der Waals surface area contributed by atoms with Crippen LogP contribution in [0.25, 0.3) is 22.4 Å². The number of halogens is 1. The second-order valence-corrected chi connectivity index (χ2v) is 8.32. The predicted molar refractivity (Wildman–Crippen MR) is 109 cm³/mol. The monoisotopic (exact) mass is 428 g/mol. The zero-order valence-corrected chi connectivity index (χ0v) is 16.5. The van der Waals surface area contributed by atoms with E-state index in [-0.39, 0.29) is 0 Å².